The molecule has 2 atom stereocenters. The van der Waals surface area contributed by atoms with Crippen LogP contribution < -0.4 is 5.32 Å². The van der Waals surface area contributed by atoms with Crippen molar-refractivity contribution in [2.24, 2.45) is 0 Å². The summed E-state index contributed by atoms with van der Waals surface area (Å²) in [5, 5.41) is 12.4. The summed E-state index contributed by atoms with van der Waals surface area (Å²) in [5.74, 6) is -1.03. The first-order chi connectivity index (χ1) is 9.51. The lowest BCUT2D eigenvalue weighted by molar-refractivity contribution is -0.141. The molecule has 1 aromatic carbocycles. The molecule has 2 unspecified atom stereocenters. The first kappa shape index (κ1) is 14.6. The zero-order chi connectivity index (χ0) is 14.7. The topological polar surface area (TPSA) is 78.9 Å². The molecule has 1 heterocycles. The summed E-state index contributed by atoms with van der Waals surface area (Å²) in [6.07, 6.45) is 0.0342. The molecule has 7 heteroatoms. The molecule has 2 rings (SSSR count). The molecule has 0 saturated carbocycles. The number of urea groups is 1. The molecule has 2 amide bonds. The lowest BCUT2D eigenvalue weighted by Crippen LogP contribution is -2.43. The Balaban J connectivity index is 2.07. The molecule has 1 aliphatic heterocycles. The van der Waals surface area contributed by atoms with Crippen LogP contribution >= 0.6 is 11.6 Å². The minimum atomic E-state index is -1.03. The number of rotatable bonds is 3. The number of hydrogen-bond donors (Lipinski definition) is 2. The molecule has 0 aromatic heterocycles. The molecular formula is C13H15ClN2O4. The number of aliphatic carboxylic acids is 1. The van der Waals surface area contributed by atoms with Gasteiger partial charge in [0.15, 0.2) is 0 Å². The predicted octanol–water partition coefficient (Wildman–Crippen LogP) is 2.05. The van der Waals surface area contributed by atoms with Crippen molar-refractivity contribution in [1.29, 1.82) is 0 Å². The van der Waals surface area contributed by atoms with Crippen LogP contribution in [0.4, 0.5) is 10.5 Å². The molecule has 0 aliphatic carbocycles. The molecule has 108 valence electrons. The van der Waals surface area contributed by atoms with Crippen molar-refractivity contribution in [1.82, 2.24) is 4.90 Å². The van der Waals surface area contributed by atoms with Gasteiger partial charge in [0, 0.05) is 30.8 Å². The average molecular weight is 299 g/mol. The Kier molecular flexibility index (Phi) is 4.46. The third kappa shape index (κ3) is 3.20. The maximum Gasteiger partial charge on any atom is 0.326 e. The first-order valence-electron chi connectivity index (χ1n) is 6.10. The van der Waals surface area contributed by atoms with Crippen molar-refractivity contribution in [2.45, 2.75) is 18.6 Å². The van der Waals surface area contributed by atoms with Gasteiger partial charge in [0.2, 0.25) is 0 Å². The molecule has 20 heavy (non-hydrogen) atoms. The van der Waals surface area contributed by atoms with Crippen molar-refractivity contribution in [2.75, 3.05) is 19.0 Å². The van der Waals surface area contributed by atoms with Gasteiger partial charge in [-0.3, -0.25) is 0 Å². The summed E-state index contributed by atoms with van der Waals surface area (Å²) < 4.78 is 5.14. The van der Waals surface area contributed by atoms with Crippen LogP contribution in [-0.2, 0) is 9.53 Å². The summed E-state index contributed by atoms with van der Waals surface area (Å²) in [7, 11) is 1.50. The number of nitrogens with zero attached hydrogens (tertiary/aromatic N) is 1. The molecule has 0 spiro atoms. The van der Waals surface area contributed by atoms with Crippen LogP contribution in [0.1, 0.15) is 6.42 Å². The third-order valence-electron chi connectivity index (χ3n) is 3.24. The lowest BCUT2D eigenvalue weighted by atomic mass is 10.2. The van der Waals surface area contributed by atoms with Gasteiger partial charge in [-0.25, -0.2) is 9.59 Å². The highest BCUT2D eigenvalue weighted by atomic mass is 35.5. The summed E-state index contributed by atoms with van der Waals surface area (Å²) in [5.41, 5.74) is 0.560. The van der Waals surface area contributed by atoms with Crippen LogP contribution in [0.5, 0.6) is 0 Å². The van der Waals surface area contributed by atoms with Crippen LogP contribution in [-0.4, -0.2) is 47.8 Å². The predicted molar refractivity (Wildman–Crippen MR) is 74.0 cm³/mol. The average Bonchev–Trinajstić information content (AvgIpc) is 2.86. The van der Waals surface area contributed by atoms with Gasteiger partial charge in [-0.05, 0) is 24.3 Å². The van der Waals surface area contributed by atoms with Gasteiger partial charge in [-0.1, -0.05) is 11.6 Å². The second kappa shape index (κ2) is 6.11. The van der Waals surface area contributed by atoms with Gasteiger partial charge in [-0.2, -0.15) is 0 Å². The van der Waals surface area contributed by atoms with E-state index in [1.165, 1.54) is 12.0 Å². The van der Waals surface area contributed by atoms with E-state index < -0.39 is 18.0 Å². The van der Waals surface area contributed by atoms with Crippen LogP contribution in [0, 0.1) is 0 Å². The van der Waals surface area contributed by atoms with E-state index in [1.54, 1.807) is 24.3 Å². The fraction of sp³-hybridized carbons (Fsp3) is 0.385. The minimum Gasteiger partial charge on any atom is -0.480 e. The number of amides is 2. The van der Waals surface area contributed by atoms with Gasteiger partial charge in [-0.15, -0.1) is 0 Å². The monoisotopic (exact) mass is 298 g/mol. The SMILES string of the molecule is COC1CC(C(=O)O)N(C(=O)Nc2ccc(Cl)cc2)C1. The molecule has 1 fully saturated rings. The van der Waals surface area contributed by atoms with E-state index in [9.17, 15) is 9.59 Å². The van der Waals surface area contributed by atoms with E-state index in [2.05, 4.69) is 5.32 Å². The van der Waals surface area contributed by atoms with Crippen molar-refractivity contribution in [3.05, 3.63) is 29.3 Å². The number of halogens is 1. The maximum atomic E-state index is 12.1. The van der Waals surface area contributed by atoms with Crippen molar-refractivity contribution in [3.63, 3.8) is 0 Å². The van der Waals surface area contributed by atoms with Gasteiger partial charge in [0.25, 0.3) is 0 Å². The Labute approximate surface area is 121 Å². The number of likely N-dealkylation sites (tertiary alicyclic amines) is 1. The van der Waals surface area contributed by atoms with Crippen molar-refractivity contribution < 1.29 is 19.4 Å². The quantitative estimate of drug-likeness (QED) is 0.895. The molecule has 1 aromatic rings. The van der Waals surface area contributed by atoms with Gasteiger partial charge >= 0.3 is 12.0 Å². The number of carboxylic acid groups (broad SMARTS) is 1. The second-order valence-corrected chi connectivity index (χ2v) is 4.97. The van der Waals surface area contributed by atoms with E-state index in [0.29, 0.717) is 17.1 Å². The lowest BCUT2D eigenvalue weighted by Gasteiger charge is -2.21. The number of anilines is 1. The number of nitrogens with one attached hydrogen (secondary N) is 1. The highest BCUT2D eigenvalue weighted by molar-refractivity contribution is 6.30. The summed E-state index contributed by atoms with van der Waals surface area (Å²) in [6.45, 7) is 0.257. The Morgan fingerprint density at radius 1 is 1.40 bits per heavy atom. The van der Waals surface area contributed by atoms with E-state index in [-0.39, 0.29) is 12.6 Å². The summed E-state index contributed by atoms with van der Waals surface area (Å²) in [4.78, 5) is 24.6. The third-order valence-corrected chi connectivity index (χ3v) is 3.49. The standard InChI is InChI=1S/C13H15ClN2O4/c1-20-10-6-11(12(17)18)16(7-10)13(19)15-9-4-2-8(14)3-5-9/h2-5,10-11H,6-7H2,1H3,(H,15,19)(H,17,18). The van der Waals surface area contributed by atoms with E-state index in [0.717, 1.165) is 0 Å². The Hall–Kier alpha value is -1.79. The van der Waals surface area contributed by atoms with Crippen molar-refractivity contribution >= 4 is 29.3 Å². The number of carbonyl (C=O) groups excluding carboxylic acids is 1. The Morgan fingerprint density at radius 2 is 2.05 bits per heavy atom. The fourth-order valence-electron chi connectivity index (χ4n) is 2.16. The summed E-state index contributed by atoms with van der Waals surface area (Å²) >= 11 is 5.76. The van der Waals surface area contributed by atoms with Crippen LogP contribution in [0.15, 0.2) is 24.3 Å². The molecular weight excluding hydrogens is 284 g/mol. The summed E-state index contributed by atoms with van der Waals surface area (Å²) in [6, 6.07) is 5.27. The molecule has 1 saturated heterocycles. The van der Waals surface area contributed by atoms with Gasteiger partial charge in [0.1, 0.15) is 6.04 Å². The van der Waals surface area contributed by atoms with Gasteiger partial charge < -0.3 is 20.1 Å². The highest BCUT2D eigenvalue weighted by Gasteiger charge is 2.39. The number of hydrogen-bond acceptors (Lipinski definition) is 3. The number of carboxylic acids is 1. The Morgan fingerprint density at radius 3 is 2.60 bits per heavy atom. The molecule has 0 bridgehead atoms. The van der Waals surface area contributed by atoms with Crippen LogP contribution in [0.2, 0.25) is 5.02 Å². The van der Waals surface area contributed by atoms with E-state index in [4.69, 9.17) is 21.4 Å². The zero-order valence-corrected chi connectivity index (χ0v) is 11.6. The first-order valence-corrected chi connectivity index (χ1v) is 6.48. The van der Waals surface area contributed by atoms with E-state index >= 15 is 0 Å². The van der Waals surface area contributed by atoms with Crippen LogP contribution in [0.3, 0.4) is 0 Å². The number of ether oxygens (including phenoxy) is 1. The van der Waals surface area contributed by atoms with E-state index in [1.807, 2.05) is 0 Å². The molecule has 6 nitrogen and oxygen atoms in total. The minimum absolute atomic E-state index is 0.257. The highest BCUT2D eigenvalue weighted by Crippen LogP contribution is 2.22. The zero-order valence-electron chi connectivity index (χ0n) is 10.9. The fourth-order valence-corrected chi connectivity index (χ4v) is 2.28. The number of carbonyl (C=O) groups is 2. The molecule has 0 radical (unpaired) electrons. The number of benzene rings is 1. The maximum absolute atomic E-state index is 12.1. The van der Waals surface area contributed by atoms with Crippen molar-refractivity contribution in [3.8, 4) is 0 Å². The largest absolute Gasteiger partial charge is 0.480 e. The second-order valence-electron chi connectivity index (χ2n) is 4.54. The smallest absolute Gasteiger partial charge is 0.326 e. The Bertz CT molecular complexity index is 506. The number of methoxy groups -OCH3 is 1. The molecule has 2 N–H and O–H groups in total. The van der Waals surface area contributed by atoms with Gasteiger partial charge in [0.05, 0.1) is 6.10 Å². The normalized spacial score (nSPS) is 21.8. The van der Waals surface area contributed by atoms with Crippen LogP contribution in [0.25, 0.3) is 0 Å². The molecule has 1 aliphatic rings.